The SMILES string of the molecule is O.O.OCC1OC(Oc2ccccc2)C(O)C(O)C1O. The molecule has 20 heavy (non-hydrogen) atoms. The lowest BCUT2D eigenvalue weighted by atomic mass is 9.99. The molecule has 1 saturated heterocycles. The normalized spacial score (nSPS) is 32.7. The minimum Gasteiger partial charge on any atom is -0.462 e. The van der Waals surface area contributed by atoms with Crippen molar-refractivity contribution in [3.05, 3.63) is 30.3 Å². The summed E-state index contributed by atoms with van der Waals surface area (Å²) in [6, 6.07) is 8.64. The fourth-order valence-electron chi connectivity index (χ4n) is 1.80. The van der Waals surface area contributed by atoms with Crippen LogP contribution < -0.4 is 4.74 Å². The summed E-state index contributed by atoms with van der Waals surface area (Å²) < 4.78 is 10.6. The molecule has 0 amide bonds. The molecule has 1 aromatic rings. The Morgan fingerprint density at radius 3 is 2.10 bits per heavy atom. The van der Waals surface area contributed by atoms with Crippen molar-refractivity contribution in [2.24, 2.45) is 0 Å². The van der Waals surface area contributed by atoms with Gasteiger partial charge in [0.2, 0.25) is 6.29 Å². The second-order valence-electron chi connectivity index (χ2n) is 4.13. The molecule has 1 aliphatic rings. The molecule has 1 aliphatic heterocycles. The molecule has 1 aromatic carbocycles. The smallest absolute Gasteiger partial charge is 0.229 e. The highest BCUT2D eigenvalue weighted by molar-refractivity contribution is 5.21. The van der Waals surface area contributed by atoms with E-state index in [2.05, 4.69) is 0 Å². The molecule has 8 N–H and O–H groups in total. The highest BCUT2D eigenvalue weighted by atomic mass is 16.7. The van der Waals surface area contributed by atoms with E-state index in [4.69, 9.17) is 14.6 Å². The zero-order chi connectivity index (χ0) is 13.1. The van der Waals surface area contributed by atoms with Gasteiger partial charge in [-0.15, -0.1) is 0 Å². The Kier molecular flexibility index (Phi) is 7.61. The fourth-order valence-corrected chi connectivity index (χ4v) is 1.80. The maximum Gasteiger partial charge on any atom is 0.229 e. The van der Waals surface area contributed by atoms with Crippen LogP contribution in [0.3, 0.4) is 0 Å². The van der Waals surface area contributed by atoms with Crippen LogP contribution in [0.2, 0.25) is 0 Å². The zero-order valence-electron chi connectivity index (χ0n) is 10.6. The summed E-state index contributed by atoms with van der Waals surface area (Å²) in [5.41, 5.74) is 0. The van der Waals surface area contributed by atoms with Crippen LogP contribution in [0.15, 0.2) is 30.3 Å². The van der Waals surface area contributed by atoms with Crippen molar-refractivity contribution < 1.29 is 40.9 Å². The predicted molar refractivity (Wildman–Crippen MR) is 68.1 cm³/mol. The Labute approximate surface area is 115 Å². The highest BCUT2D eigenvalue weighted by Crippen LogP contribution is 2.23. The minimum atomic E-state index is -1.43. The van der Waals surface area contributed by atoms with Crippen LogP contribution in [0, 0.1) is 0 Å². The average molecular weight is 292 g/mol. The summed E-state index contributed by atoms with van der Waals surface area (Å²) in [6.45, 7) is -0.473. The number of hydrogen-bond acceptors (Lipinski definition) is 6. The van der Waals surface area contributed by atoms with Crippen molar-refractivity contribution in [3.8, 4) is 5.75 Å². The third-order valence-electron chi connectivity index (χ3n) is 2.84. The molecule has 5 unspecified atom stereocenters. The molecule has 0 aliphatic carbocycles. The summed E-state index contributed by atoms with van der Waals surface area (Å²) in [5.74, 6) is 0.460. The summed E-state index contributed by atoms with van der Waals surface area (Å²) in [6.07, 6.45) is -6.28. The Morgan fingerprint density at radius 1 is 0.950 bits per heavy atom. The molecule has 8 heteroatoms. The lowest BCUT2D eigenvalue weighted by Gasteiger charge is -2.39. The van der Waals surface area contributed by atoms with Crippen LogP contribution in [0.5, 0.6) is 5.75 Å². The van der Waals surface area contributed by atoms with E-state index in [1.165, 1.54) is 0 Å². The molecule has 1 heterocycles. The van der Waals surface area contributed by atoms with Gasteiger partial charge >= 0.3 is 0 Å². The van der Waals surface area contributed by atoms with Crippen LogP contribution in [-0.4, -0.2) is 68.7 Å². The van der Waals surface area contributed by atoms with Gasteiger partial charge in [0, 0.05) is 0 Å². The monoisotopic (exact) mass is 292 g/mol. The third kappa shape index (κ3) is 3.87. The van der Waals surface area contributed by atoms with E-state index >= 15 is 0 Å². The second-order valence-corrected chi connectivity index (χ2v) is 4.13. The number of para-hydroxylation sites is 1. The molecule has 0 aromatic heterocycles. The van der Waals surface area contributed by atoms with Crippen LogP contribution in [0.1, 0.15) is 0 Å². The number of ether oxygens (including phenoxy) is 2. The van der Waals surface area contributed by atoms with Gasteiger partial charge in [0.25, 0.3) is 0 Å². The van der Waals surface area contributed by atoms with E-state index in [0.29, 0.717) is 5.75 Å². The minimum absolute atomic E-state index is 0. The maximum absolute atomic E-state index is 9.74. The average Bonchev–Trinajstić information content (AvgIpc) is 2.40. The van der Waals surface area contributed by atoms with Crippen molar-refractivity contribution in [2.45, 2.75) is 30.7 Å². The molecular formula is C12H20O8. The van der Waals surface area contributed by atoms with Crippen molar-refractivity contribution in [1.82, 2.24) is 0 Å². The van der Waals surface area contributed by atoms with Crippen molar-refractivity contribution in [3.63, 3.8) is 0 Å². The van der Waals surface area contributed by atoms with E-state index in [1.54, 1.807) is 30.3 Å². The van der Waals surface area contributed by atoms with E-state index in [9.17, 15) is 15.3 Å². The zero-order valence-corrected chi connectivity index (χ0v) is 10.6. The third-order valence-corrected chi connectivity index (χ3v) is 2.84. The molecule has 1 fully saturated rings. The Balaban J connectivity index is 0.00000180. The largest absolute Gasteiger partial charge is 0.462 e. The van der Waals surface area contributed by atoms with Gasteiger partial charge in [0.15, 0.2) is 0 Å². The van der Waals surface area contributed by atoms with Gasteiger partial charge in [-0.05, 0) is 12.1 Å². The van der Waals surface area contributed by atoms with Gasteiger partial charge in [0.1, 0.15) is 30.2 Å². The van der Waals surface area contributed by atoms with Gasteiger partial charge in [-0.25, -0.2) is 0 Å². The summed E-state index contributed by atoms with van der Waals surface area (Å²) in [5, 5.41) is 37.9. The van der Waals surface area contributed by atoms with E-state index in [-0.39, 0.29) is 11.0 Å². The Bertz CT molecular complexity index is 371. The van der Waals surface area contributed by atoms with E-state index < -0.39 is 37.3 Å². The van der Waals surface area contributed by atoms with Gasteiger partial charge in [-0.2, -0.15) is 0 Å². The quantitative estimate of drug-likeness (QED) is 0.470. The van der Waals surface area contributed by atoms with Gasteiger partial charge in [0.05, 0.1) is 6.61 Å². The number of aliphatic hydroxyl groups excluding tert-OH is 4. The maximum atomic E-state index is 9.74. The number of hydrogen-bond donors (Lipinski definition) is 4. The van der Waals surface area contributed by atoms with Crippen molar-refractivity contribution in [1.29, 1.82) is 0 Å². The van der Waals surface area contributed by atoms with Crippen LogP contribution >= 0.6 is 0 Å². The van der Waals surface area contributed by atoms with Gasteiger partial charge in [-0.3, -0.25) is 0 Å². The second kappa shape index (κ2) is 8.12. The first kappa shape index (κ1) is 18.7. The summed E-state index contributed by atoms with van der Waals surface area (Å²) in [7, 11) is 0. The van der Waals surface area contributed by atoms with Crippen LogP contribution in [-0.2, 0) is 4.74 Å². The molecule has 116 valence electrons. The molecule has 2 rings (SSSR count). The predicted octanol–water partition coefficient (Wildman–Crippen LogP) is -2.78. The summed E-state index contributed by atoms with van der Waals surface area (Å²) in [4.78, 5) is 0. The first-order chi connectivity index (χ1) is 8.63. The Hall–Kier alpha value is -1.26. The topological polar surface area (TPSA) is 162 Å². The lowest BCUT2D eigenvalue weighted by Crippen LogP contribution is -2.60. The van der Waals surface area contributed by atoms with E-state index in [0.717, 1.165) is 0 Å². The van der Waals surface area contributed by atoms with Gasteiger partial charge in [-0.1, -0.05) is 18.2 Å². The van der Waals surface area contributed by atoms with Crippen LogP contribution in [0.4, 0.5) is 0 Å². The molecule has 5 atom stereocenters. The molecule has 0 spiro atoms. The Morgan fingerprint density at radius 2 is 1.55 bits per heavy atom. The van der Waals surface area contributed by atoms with Crippen molar-refractivity contribution >= 4 is 0 Å². The first-order valence-electron chi connectivity index (χ1n) is 5.65. The molecule has 0 radical (unpaired) electrons. The first-order valence-corrected chi connectivity index (χ1v) is 5.65. The molecule has 0 saturated carbocycles. The van der Waals surface area contributed by atoms with Crippen molar-refractivity contribution in [2.75, 3.05) is 6.61 Å². The number of aliphatic hydroxyl groups is 4. The number of benzene rings is 1. The standard InChI is InChI=1S/C12H16O6.2H2O/c13-6-8-9(14)10(15)11(16)12(18-8)17-7-4-2-1-3-5-7;;/h1-5,8-16H,6H2;2*1H2. The highest BCUT2D eigenvalue weighted by Gasteiger charge is 2.44. The number of rotatable bonds is 3. The van der Waals surface area contributed by atoms with E-state index in [1.807, 2.05) is 0 Å². The lowest BCUT2D eigenvalue weighted by molar-refractivity contribution is -0.277. The fraction of sp³-hybridized carbons (Fsp3) is 0.500. The molecular weight excluding hydrogens is 272 g/mol. The molecule has 0 bridgehead atoms. The summed E-state index contributed by atoms with van der Waals surface area (Å²) >= 11 is 0. The van der Waals surface area contributed by atoms with Crippen LogP contribution in [0.25, 0.3) is 0 Å². The van der Waals surface area contributed by atoms with Gasteiger partial charge < -0.3 is 40.9 Å². The molecule has 8 nitrogen and oxygen atoms in total.